The summed E-state index contributed by atoms with van der Waals surface area (Å²) in [5.74, 6) is 1.44. The van der Waals surface area contributed by atoms with Crippen LogP contribution < -0.4 is 25.0 Å². The Morgan fingerprint density at radius 1 is 1.14 bits per heavy atom. The van der Waals surface area contributed by atoms with E-state index < -0.39 is 0 Å². The van der Waals surface area contributed by atoms with E-state index in [0.717, 1.165) is 31.9 Å². The molecule has 0 bridgehead atoms. The average Bonchev–Trinajstić information content (AvgIpc) is 3.39. The van der Waals surface area contributed by atoms with Crippen molar-refractivity contribution in [2.24, 2.45) is 0 Å². The summed E-state index contributed by atoms with van der Waals surface area (Å²) in [4.78, 5) is 29.8. The van der Waals surface area contributed by atoms with E-state index in [-0.39, 0.29) is 17.9 Å². The zero-order valence-corrected chi connectivity index (χ0v) is 20.6. The monoisotopic (exact) mass is 501 g/mol. The van der Waals surface area contributed by atoms with Crippen LogP contribution in [0.1, 0.15) is 0 Å². The van der Waals surface area contributed by atoms with E-state index in [1.807, 2.05) is 12.3 Å². The fourth-order valence-electron chi connectivity index (χ4n) is 3.89. The molecule has 2 N–H and O–H groups in total. The third-order valence-corrected chi connectivity index (χ3v) is 5.88. The molecule has 190 valence electrons. The summed E-state index contributed by atoms with van der Waals surface area (Å²) in [6.45, 7) is 7.30. The molecule has 0 unspecified atom stereocenters. The van der Waals surface area contributed by atoms with Crippen molar-refractivity contribution in [2.45, 2.75) is 0 Å². The normalized spacial score (nSPS) is 13.8. The van der Waals surface area contributed by atoms with Gasteiger partial charge in [0.1, 0.15) is 5.75 Å². The Hall–Kier alpha value is -4.71. The van der Waals surface area contributed by atoms with Crippen LogP contribution in [0.4, 0.5) is 23.1 Å². The number of rotatable bonds is 8. The molecule has 5 rings (SSSR count). The molecule has 0 aliphatic carbocycles. The van der Waals surface area contributed by atoms with Crippen LogP contribution >= 0.6 is 0 Å². The molecule has 0 atom stereocenters. The minimum absolute atomic E-state index is 0.178. The number of likely N-dealkylation sites (N-methyl/N-ethyl adjacent to an activating group) is 1. The quantitative estimate of drug-likeness (QED) is 0.349. The fraction of sp³-hybridized carbons (Fsp3) is 0.240. The lowest BCUT2D eigenvalue weighted by molar-refractivity contribution is -0.111. The Kier molecular flexibility index (Phi) is 6.81. The first-order chi connectivity index (χ1) is 18.0. The second-order valence-corrected chi connectivity index (χ2v) is 8.41. The molecule has 4 aromatic rings. The van der Waals surface area contributed by atoms with Gasteiger partial charge in [-0.15, -0.1) is 0 Å². The first kappa shape index (κ1) is 24.0. The Labute approximate surface area is 213 Å². The molecule has 37 heavy (non-hydrogen) atoms. The number of ether oxygens (including phenoxy) is 2. The van der Waals surface area contributed by atoms with Gasteiger partial charge in [-0.2, -0.15) is 19.6 Å². The van der Waals surface area contributed by atoms with Gasteiger partial charge in [-0.25, -0.2) is 4.98 Å². The number of carbonyl (C=O) groups excluding carboxylic acids is 1. The van der Waals surface area contributed by atoms with Gasteiger partial charge in [0, 0.05) is 50.1 Å². The van der Waals surface area contributed by atoms with Crippen LogP contribution in [0.2, 0.25) is 0 Å². The molecule has 12 heteroatoms. The summed E-state index contributed by atoms with van der Waals surface area (Å²) in [6.07, 6.45) is 4.61. The third-order valence-electron chi connectivity index (χ3n) is 5.88. The molecular weight excluding hydrogens is 474 g/mol. The van der Waals surface area contributed by atoms with Gasteiger partial charge in [0.15, 0.2) is 17.2 Å². The van der Waals surface area contributed by atoms with E-state index >= 15 is 0 Å². The Morgan fingerprint density at radius 2 is 1.97 bits per heavy atom. The van der Waals surface area contributed by atoms with Crippen LogP contribution in [0.15, 0.2) is 61.4 Å². The number of aromatic nitrogens is 5. The standard InChI is InChI=1S/C25H27N9O3/c1-4-22(35)28-17-6-5-7-19(14-17)37-25-31-24(29-21-8-9-27-34(21)25)30-23-20(36-3)15-18(16-26-23)33-12-10-32(2)11-13-33/h4-9,14-16H,1,10-13H2,2-3H3,(H,28,35)(H,26,29,30). The lowest BCUT2D eigenvalue weighted by Crippen LogP contribution is -2.44. The topological polar surface area (TPSA) is 122 Å². The summed E-state index contributed by atoms with van der Waals surface area (Å²) in [5.41, 5.74) is 2.08. The van der Waals surface area contributed by atoms with Gasteiger partial charge in [0.05, 0.1) is 25.2 Å². The average molecular weight is 502 g/mol. The van der Waals surface area contributed by atoms with Crippen molar-refractivity contribution in [2.75, 3.05) is 55.9 Å². The van der Waals surface area contributed by atoms with Crippen LogP contribution in [-0.2, 0) is 4.79 Å². The number of anilines is 4. The van der Waals surface area contributed by atoms with Crippen molar-refractivity contribution in [1.82, 2.24) is 29.5 Å². The predicted molar refractivity (Wildman–Crippen MR) is 140 cm³/mol. The number of methoxy groups -OCH3 is 1. The highest BCUT2D eigenvalue weighted by atomic mass is 16.5. The van der Waals surface area contributed by atoms with E-state index in [1.165, 1.54) is 10.6 Å². The number of nitrogens with one attached hydrogen (secondary N) is 2. The molecule has 0 saturated carbocycles. The zero-order chi connectivity index (χ0) is 25.8. The summed E-state index contributed by atoms with van der Waals surface area (Å²) >= 11 is 0. The maximum Gasteiger partial charge on any atom is 0.328 e. The molecule has 1 fully saturated rings. The van der Waals surface area contributed by atoms with Crippen molar-refractivity contribution in [3.05, 3.63) is 61.4 Å². The molecule has 1 aliphatic rings. The van der Waals surface area contributed by atoms with Crippen LogP contribution in [0, 0.1) is 0 Å². The molecule has 1 saturated heterocycles. The first-order valence-electron chi connectivity index (χ1n) is 11.7. The summed E-state index contributed by atoms with van der Waals surface area (Å²) < 4.78 is 13.1. The van der Waals surface area contributed by atoms with Gasteiger partial charge < -0.3 is 29.9 Å². The van der Waals surface area contributed by atoms with Crippen LogP contribution in [-0.4, -0.2) is 75.7 Å². The smallest absolute Gasteiger partial charge is 0.328 e. The maximum absolute atomic E-state index is 11.7. The molecule has 4 heterocycles. The van der Waals surface area contributed by atoms with E-state index in [0.29, 0.717) is 28.7 Å². The van der Waals surface area contributed by atoms with E-state index in [2.05, 4.69) is 54.1 Å². The Morgan fingerprint density at radius 3 is 2.76 bits per heavy atom. The summed E-state index contributed by atoms with van der Waals surface area (Å²) in [7, 11) is 3.72. The number of fused-ring (bicyclic) bond motifs is 1. The van der Waals surface area contributed by atoms with Crippen LogP contribution in [0.25, 0.3) is 5.65 Å². The molecule has 1 amide bonds. The second-order valence-electron chi connectivity index (χ2n) is 8.41. The van der Waals surface area contributed by atoms with Gasteiger partial charge in [-0.3, -0.25) is 4.79 Å². The molecule has 12 nitrogen and oxygen atoms in total. The highest BCUT2D eigenvalue weighted by Gasteiger charge is 2.18. The fourth-order valence-corrected chi connectivity index (χ4v) is 3.89. The third kappa shape index (κ3) is 5.43. The van der Waals surface area contributed by atoms with Crippen LogP contribution in [0.3, 0.4) is 0 Å². The predicted octanol–water partition coefficient (Wildman–Crippen LogP) is 2.94. The summed E-state index contributed by atoms with van der Waals surface area (Å²) in [5, 5.41) is 10.1. The van der Waals surface area contributed by atoms with Crippen molar-refractivity contribution in [3.63, 3.8) is 0 Å². The SMILES string of the molecule is C=CC(=O)Nc1cccc(Oc2nc(Nc3ncc(N4CCN(C)CC4)cc3OC)nc3ccnn23)c1. The number of carbonyl (C=O) groups is 1. The molecule has 0 spiro atoms. The molecule has 1 aromatic carbocycles. The second kappa shape index (κ2) is 10.5. The van der Waals surface area contributed by atoms with Crippen molar-refractivity contribution < 1.29 is 14.3 Å². The van der Waals surface area contributed by atoms with Gasteiger partial charge >= 0.3 is 6.01 Å². The van der Waals surface area contributed by atoms with E-state index in [9.17, 15) is 4.79 Å². The number of piperazine rings is 1. The highest BCUT2D eigenvalue weighted by molar-refractivity contribution is 5.98. The van der Waals surface area contributed by atoms with E-state index in [4.69, 9.17) is 9.47 Å². The molecule has 0 radical (unpaired) electrons. The van der Waals surface area contributed by atoms with Gasteiger partial charge in [-0.05, 0) is 25.3 Å². The molecule has 3 aromatic heterocycles. The largest absolute Gasteiger partial charge is 0.493 e. The van der Waals surface area contributed by atoms with Crippen molar-refractivity contribution >= 4 is 34.7 Å². The maximum atomic E-state index is 11.7. The lowest BCUT2D eigenvalue weighted by atomic mass is 10.2. The number of nitrogens with zero attached hydrogens (tertiary/aromatic N) is 7. The zero-order valence-electron chi connectivity index (χ0n) is 20.6. The molecule has 1 aliphatic heterocycles. The molecular formula is C25H27N9O3. The Balaban J connectivity index is 1.40. The highest BCUT2D eigenvalue weighted by Crippen LogP contribution is 2.30. The van der Waals surface area contributed by atoms with Gasteiger partial charge in [-0.1, -0.05) is 12.6 Å². The summed E-state index contributed by atoms with van der Waals surface area (Å²) in [6, 6.07) is 10.8. The number of hydrogen-bond acceptors (Lipinski definition) is 10. The first-order valence-corrected chi connectivity index (χ1v) is 11.7. The van der Waals surface area contributed by atoms with Crippen molar-refractivity contribution in [1.29, 1.82) is 0 Å². The van der Waals surface area contributed by atoms with Gasteiger partial charge in [0.25, 0.3) is 0 Å². The number of pyridine rings is 1. The minimum atomic E-state index is -0.319. The van der Waals surface area contributed by atoms with Crippen LogP contribution in [0.5, 0.6) is 17.5 Å². The van der Waals surface area contributed by atoms with Gasteiger partial charge in [0.2, 0.25) is 11.9 Å². The Bertz CT molecular complexity index is 1430. The number of hydrogen-bond donors (Lipinski definition) is 2. The number of benzene rings is 1. The number of amides is 1. The lowest BCUT2D eigenvalue weighted by Gasteiger charge is -2.34. The van der Waals surface area contributed by atoms with Crippen molar-refractivity contribution in [3.8, 4) is 17.5 Å². The van der Waals surface area contributed by atoms with E-state index in [1.54, 1.807) is 43.6 Å². The minimum Gasteiger partial charge on any atom is -0.493 e.